The fourth-order valence-electron chi connectivity index (χ4n) is 3.04. The van der Waals surface area contributed by atoms with Crippen LogP contribution in [0.15, 0.2) is 53.1 Å². The minimum atomic E-state index is -0.984. The Morgan fingerprint density at radius 3 is 2.65 bits per heavy atom. The highest BCUT2D eigenvalue weighted by Crippen LogP contribution is 2.40. The van der Waals surface area contributed by atoms with Gasteiger partial charge in [-0.1, -0.05) is 41.6 Å². The van der Waals surface area contributed by atoms with E-state index in [1.807, 2.05) is 42.5 Å². The number of aromatic nitrogens is 1. The Hall–Kier alpha value is -3.15. The third-order valence-corrected chi connectivity index (χ3v) is 4.60. The molecule has 0 unspecified atom stereocenters. The van der Waals surface area contributed by atoms with Crippen molar-refractivity contribution in [3.8, 4) is 0 Å². The van der Waals surface area contributed by atoms with E-state index in [1.165, 1.54) is 0 Å². The van der Waals surface area contributed by atoms with Crippen LogP contribution in [0.3, 0.4) is 0 Å². The van der Waals surface area contributed by atoms with Gasteiger partial charge in [-0.15, -0.1) is 0 Å². The van der Waals surface area contributed by atoms with Gasteiger partial charge in [0.25, 0.3) is 5.91 Å². The van der Waals surface area contributed by atoms with E-state index in [2.05, 4.69) is 10.5 Å². The molecule has 1 saturated carbocycles. The van der Waals surface area contributed by atoms with E-state index < -0.39 is 17.9 Å². The fraction of sp³-hybridized carbons (Fsp3) is 0.250. The number of hydrogen-bond donors (Lipinski definition) is 2. The molecule has 0 bridgehead atoms. The summed E-state index contributed by atoms with van der Waals surface area (Å²) in [5, 5.41) is 17.9. The summed E-state index contributed by atoms with van der Waals surface area (Å²) in [4.78, 5) is 23.8. The Labute approximate surface area is 149 Å². The summed E-state index contributed by atoms with van der Waals surface area (Å²) < 4.78 is 5.21. The Balaban J connectivity index is 1.58. The van der Waals surface area contributed by atoms with Crippen molar-refractivity contribution in [3.05, 3.63) is 65.5 Å². The quantitative estimate of drug-likeness (QED) is 0.708. The van der Waals surface area contributed by atoms with E-state index in [0.717, 1.165) is 34.9 Å². The fourth-order valence-corrected chi connectivity index (χ4v) is 3.04. The minimum absolute atomic E-state index is 0.183. The number of nitrogens with zero attached hydrogens (tertiary/aromatic N) is 1. The SMILES string of the molecule is O=C(O)C[C@H](NC(=O)c1cc(C2CC2)on1)c1ccc2ccccc2c1. The molecule has 0 saturated heterocycles. The first-order valence-corrected chi connectivity index (χ1v) is 8.58. The molecule has 3 aromatic rings. The maximum Gasteiger partial charge on any atom is 0.305 e. The van der Waals surface area contributed by atoms with Crippen molar-refractivity contribution in [2.24, 2.45) is 0 Å². The van der Waals surface area contributed by atoms with Crippen molar-refractivity contribution in [3.63, 3.8) is 0 Å². The molecule has 0 spiro atoms. The van der Waals surface area contributed by atoms with Gasteiger partial charge in [0.05, 0.1) is 12.5 Å². The second-order valence-electron chi connectivity index (χ2n) is 6.62. The van der Waals surface area contributed by atoms with Gasteiger partial charge in [-0.05, 0) is 35.2 Å². The third-order valence-electron chi connectivity index (χ3n) is 4.60. The van der Waals surface area contributed by atoms with Crippen LogP contribution in [0.4, 0.5) is 0 Å². The Morgan fingerprint density at radius 1 is 1.15 bits per heavy atom. The van der Waals surface area contributed by atoms with E-state index in [9.17, 15) is 14.7 Å². The standard InChI is InChI=1S/C20H18N2O4/c23-19(24)11-16(15-8-5-12-3-1-2-4-14(12)9-15)21-20(25)17-10-18(26-22-17)13-6-7-13/h1-5,8-10,13,16H,6-7,11H2,(H,21,25)(H,23,24)/t16-/m0/s1. The number of fused-ring (bicyclic) bond motifs is 1. The lowest BCUT2D eigenvalue weighted by atomic mass is 9.99. The molecule has 6 nitrogen and oxygen atoms in total. The molecule has 1 amide bonds. The molecule has 26 heavy (non-hydrogen) atoms. The maximum atomic E-state index is 12.5. The Morgan fingerprint density at radius 2 is 1.92 bits per heavy atom. The summed E-state index contributed by atoms with van der Waals surface area (Å²) in [6.45, 7) is 0. The van der Waals surface area contributed by atoms with Crippen LogP contribution in [0.25, 0.3) is 10.8 Å². The van der Waals surface area contributed by atoms with Crippen molar-refractivity contribution >= 4 is 22.6 Å². The second-order valence-corrected chi connectivity index (χ2v) is 6.62. The molecular weight excluding hydrogens is 332 g/mol. The summed E-state index contributed by atoms with van der Waals surface area (Å²) in [5.41, 5.74) is 0.924. The van der Waals surface area contributed by atoms with Gasteiger partial charge in [0.15, 0.2) is 5.69 Å². The highest BCUT2D eigenvalue weighted by atomic mass is 16.5. The minimum Gasteiger partial charge on any atom is -0.481 e. The zero-order valence-electron chi connectivity index (χ0n) is 14.0. The number of benzene rings is 2. The summed E-state index contributed by atoms with van der Waals surface area (Å²) in [6.07, 6.45) is 1.89. The number of carboxylic acids is 1. The number of carbonyl (C=O) groups excluding carboxylic acids is 1. The zero-order chi connectivity index (χ0) is 18.1. The molecule has 1 heterocycles. The smallest absolute Gasteiger partial charge is 0.305 e. The summed E-state index contributed by atoms with van der Waals surface area (Å²) >= 11 is 0. The molecule has 4 rings (SSSR count). The highest BCUT2D eigenvalue weighted by Gasteiger charge is 2.29. The molecule has 1 fully saturated rings. The molecule has 0 radical (unpaired) electrons. The zero-order valence-corrected chi connectivity index (χ0v) is 14.0. The summed E-state index contributed by atoms with van der Waals surface area (Å²) in [6, 6.07) is 14.5. The van der Waals surface area contributed by atoms with Crippen molar-refractivity contribution in [2.45, 2.75) is 31.2 Å². The lowest BCUT2D eigenvalue weighted by molar-refractivity contribution is -0.137. The maximum absolute atomic E-state index is 12.5. The van der Waals surface area contributed by atoms with Crippen LogP contribution in [-0.2, 0) is 4.79 Å². The lowest BCUT2D eigenvalue weighted by Crippen LogP contribution is -2.30. The molecule has 1 aromatic heterocycles. The molecule has 1 aliphatic rings. The van der Waals surface area contributed by atoms with Gasteiger partial charge >= 0.3 is 5.97 Å². The van der Waals surface area contributed by atoms with Gasteiger partial charge in [0, 0.05) is 12.0 Å². The number of hydrogen-bond acceptors (Lipinski definition) is 4. The largest absolute Gasteiger partial charge is 0.481 e. The topological polar surface area (TPSA) is 92.4 Å². The van der Waals surface area contributed by atoms with Crippen LogP contribution >= 0.6 is 0 Å². The van der Waals surface area contributed by atoms with Gasteiger partial charge in [-0.3, -0.25) is 9.59 Å². The van der Waals surface area contributed by atoms with Crippen LogP contribution in [0.5, 0.6) is 0 Å². The summed E-state index contributed by atoms with van der Waals surface area (Å²) in [5.74, 6) is -0.336. The molecule has 6 heteroatoms. The molecular formula is C20H18N2O4. The molecule has 1 aliphatic carbocycles. The van der Waals surface area contributed by atoms with Crippen LogP contribution in [-0.4, -0.2) is 22.1 Å². The van der Waals surface area contributed by atoms with E-state index in [1.54, 1.807) is 6.07 Å². The number of rotatable bonds is 6. The van der Waals surface area contributed by atoms with Crippen LogP contribution in [0, 0.1) is 0 Å². The van der Waals surface area contributed by atoms with Crippen LogP contribution in [0.2, 0.25) is 0 Å². The Bertz CT molecular complexity index is 975. The van der Waals surface area contributed by atoms with Crippen molar-refractivity contribution in [1.29, 1.82) is 0 Å². The van der Waals surface area contributed by atoms with Gasteiger partial charge < -0.3 is 14.9 Å². The van der Waals surface area contributed by atoms with Crippen molar-refractivity contribution in [1.82, 2.24) is 10.5 Å². The Kier molecular flexibility index (Phi) is 4.16. The number of carbonyl (C=O) groups is 2. The van der Waals surface area contributed by atoms with E-state index in [0.29, 0.717) is 5.92 Å². The first kappa shape index (κ1) is 16.3. The predicted octanol–water partition coefficient (Wildman–Crippen LogP) is 3.65. The summed E-state index contributed by atoms with van der Waals surface area (Å²) in [7, 11) is 0. The van der Waals surface area contributed by atoms with Crippen molar-refractivity contribution < 1.29 is 19.2 Å². The van der Waals surface area contributed by atoms with Crippen LogP contribution < -0.4 is 5.32 Å². The predicted molar refractivity (Wildman–Crippen MR) is 94.9 cm³/mol. The monoisotopic (exact) mass is 350 g/mol. The van der Waals surface area contributed by atoms with Crippen LogP contribution in [0.1, 0.15) is 53.0 Å². The van der Waals surface area contributed by atoms with E-state index >= 15 is 0 Å². The molecule has 2 aromatic carbocycles. The molecule has 1 atom stereocenters. The normalized spacial score (nSPS) is 14.9. The molecule has 2 N–H and O–H groups in total. The lowest BCUT2D eigenvalue weighted by Gasteiger charge is -2.17. The van der Waals surface area contributed by atoms with Gasteiger partial charge in [-0.2, -0.15) is 0 Å². The number of nitrogens with one attached hydrogen (secondary N) is 1. The van der Waals surface area contributed by atoms with Gasteiger partial charge in [0.1, 0.15) is 5.76 Å². The molecule has 0 aliphatic heterocycles. The average molecular weight is 350 g/mol. The third kappa shape index (κ3) is 3.44. The highest BCUT2D eigenvalue weighted by molar-refractivity contribution is 5.93. The molecule has 132 valence electrons. The first-order chi connectivity index (χ1) is 12.6. The van der Waals surface area contributed by atoms with Gasteiger partial charge in [0.2, 0.25) is 0 Å². The number of amides is 1. The second kappa shape index (κ2) is 6.63. The van der Waals surface area contributed by atoms with Gasteiger partial charge in [-0.25, -0.2) is 0 Å². The number of aliphatic carboxylic acids is 1. The van der Waals surface area contributed by atoms with Crippen molar-refractivity contribution in [2.75, 3.05) is 0 Å². The van der Waals surface area contributed by atoms with E-state index in [4.69, 9.17) is 4.52 Å². The van der Waals surface area contributed by atoms with E-state index in [-0.39, 0.29) is 12.1 Å². The number of carboxylic acid groups (broad SMARTS) is 1. The average Bonchev–Trinajstić information content (AvgIpc) is 3.37. The first-order valence-electron chi connectivity index (χ1n) is 8.58.